The summed E-state index contributed by atoms with van der Waals surface area (Å²) in [5.74, 6) is 0. The Balaban J connectivity index is 3.01. The van der Waals surface area contributed by atoms with Gasteiger partial charge in [-0.25, -0.2) is 0 Å². The maximum absolute atomic E-state index is 3.48. The second-order valence-corrected chi connectivity index (χ2v) is 5.14. The van der Waals surface area contributed by atoms with Crippen LogP contribution < -0.4 is 5.32 Å². The van der Waals surface area contributed by atoms with Crippen LogP contribution in [-0.2, 0) is 0 Å². The lowest BCUT2D eigenvalue weighted by Crippen LogP contribution is -2.34. The van der Waals surface area contributed by atoms with Crippen LogP contribution in [-0.4, -0.2) is 31.6 Å². The van der Waals surface area contributed by atoms with Crippen LogP contribution in [0.5, 0.6) is 0 Å². The average Bonchev–Trinajstić information content (AvgIpc) is 2.32. The first-order chi connectivity index (χ1) is 8.53. The molecule has 18 heavy (non-hydrogen) atoms. The predicted octanol–water partition coefficient (Wildman–Crippen LogP) is 3.21. The molecule has 0 heterocycles. The fourth-order valence-corrected chi connectivity index (χ4v) is 2.81. The van der Waals surface area contributed by atoms with Gasteiger partial charge in [-0.05, 0) is 57.6 Å². The molecule has 1 atom stereocenters. The van der Waals surface area contributed by atoms with E-state index in [0.717, 1.165) is 19.6 Å². The molecule has 0 radical (unpaired) electrons. The van der Waals surface area contributed by atoms with Gasteiger partial charge in [0.2, 0.25) is 0 Å². The number of benzene rings is 1. The third-order valence-corrected chi connectivity index (χ3v) is 3.77. The van der Waals surface area contributed by atoms with Crippen molar-refractivity contribution in [1.29, 1.82) is 0 Å². The molecule has 0 fully saturated rings. The van der Waals surface area contributed by atoms with Crippen LogP contribution in [0.2, 0.25) is 0 Å². The van der Waals surface area contributed by atoms with E-state index in [1.165, 1.54) is 22.3 Å². The van der Waals surface area contributed by atoms with E-state index < -0.39 is 0 Å². The lowest BCUT2D eigenvalue weighted by molar-refractivity contribution is 0.270. The summed E-state index contributed by atoms with van der Waals surface area (Å²) in [4.78, 5) is 2.47. The third-order valence-electron chi connectivity index (χ3n) is 3.77. The molecule has 0 bridgehead atoms. The van der Waals surface area contributed by atoms with Crippen molar-refractivity contribution in [3.8, 4) is 0 Å². The first kappa shape index (κ1) is 15.2. The van der Waals surface area contributed by atoms with Gasteiger partial charge >= 0.3 is 0 Å². The number of likely N-dealkylation sites (N-methyl/N-ethyl adjacent to an activating group) is 2. The zero-order valence-electron chi connectivity index (χ0n) is 12.8. The van der Waals surface area contributed by atoms with Crippen molar-refractivity contribution in [2.45, 2.75) is 40.7 Å². The molecule has 1 rings (SSSR count). The minimum absolute atomic E-state index is 0.422. The van der Waals surface area contributed by atoms with Gasteiger partial charge < -0.3 is 10.2 Å². The van der Waals surface area contributed by atoms with Crippen molar-refractivity contribution in [3.63, 3.8) is 0 Å². The van der Waals surface area contributed by atoms with Crippen molar-refractivity contribution < 1.29 is 0 Å². The number of hydrogen-bond acceptors (Lipinski definition) is 2. The van der Waals surface area contributed by atoms with E-state index in [-0.39, 0.29) is 0 Å². The molecule has 0 aromatic heterocycles. The van der Waals surface area contributed by atoms with Crippen molar-refractivity contribution >= 4 is 0 Å². The average molecular weight is 248 g/mol. The Morgan fingerprint density at radius 3 is 1.94 bits per heavy atom. The summed E-state index contributed by atoms with van der Waals surface area (Å²) >= 11 is 0. The van der Waals surface area contributed by atoms with Crippen LogP contribution in [0.1, 0.15) is 42.1 Å². The summed E-state index contributed by atoms with van der Waals surface area (Å²) in [5, 5.41) is 3.48. The number of nitrogens with one attached hydrogen (secondary N) is 1. The Morgan fingerprint density at radius 2 is 1.56 bits per heavy atom. The molecule has 0 aliphatic rings. The number of nitrogens with zero attached hydrogens (tertiary/aromatic N) is 1. The second-order valence-electron chi connectivity index (χ2n) is 5.14. The summed E-state index contributed by atoms with van der Waals surface area (Å²) in [6.07, 6.45) is 0. The molecule has 2 heteroatoms. The highest BCUT2D eigenvalue weighted by molar-refractivity contribution is 5.39. The standard InChI is InChI=1S/C16H28N2/c1-7-18(8-2)11-15(17-6)16-13(4)9-12(3)10-14(16)5/h9-10,15,17H,7-8,11H2,1-6H3. The maximum Gasteiger partial charge on any atom is 0.0452 e. The highest BCUT2D eigenvalue weighted by Gasteiger charge is 2.17. The normalized spacial score (nSPS) is 13.1. The van der Waals surface area contributed by atoms with Crippen molar-refractivity contribution in [2.75, 3.05) is 26.7 Å². The predicted molar refractivity (Wildman–Crippen MR) is 80.2 cm³/mol. The molecule has 0 spiro atoms. The highest BCUT2D eigenvalue weighted by atomic mass is 15.1. The minimum Gasteiger partial charge on any atom is -0.312 e. The number of rotatable bonds is 6. The van der Waals surface area contributed by atoms with Gasteiger partial charge in [0, 0.05) is 12.6 Å². The Hall–Kier alpha value is -0.860. The van der Waals surface area contributed by atoms with Crippen LogP contribution in [0, 0.1) is 20.8 Å². The Bertz CT molecular complexity index is 358. The summed E-state index contributed by atoms with van der Waals surface area (Å²) in [6, 6.07) is 4.99. The van der Waals surface area contributed by atoms with Crippen LogP contribution in [0.25, 0.3) is 0 Å². The smallest absolute Gasteiger partial charge is 0.0452 e. The van der Waals surface area contributed by atoms with Gasteiger partial charge in [0.1, 0.15) is 0 Å². The lowest BCUT2D eigenvalue weighted by Gasteiger charge is -2.28. The second kappa shape index (κ2) is 6.91. The molecule has 1 unspecified atom stereocenters. The molecule has 1 aromatic rings. The largest absolute Gasteiger partial charge is 0.312 e. The van der Waals surface area contributed by atoms with E-state index in [1.807, 2.05) is 0 Å². The van der Waals surface area contributed by atoms with Crippen LogP contribution in [0.15, 0.2) is 12.1 Å². The molecular weight excluding hydrogens is 220 g/mol. The van der Waals surface area contributed by atoms with Crippen LogP contribution in [0.3, 0.4) is 0 Å². The zero-order chi connectivity index (χ0) is 13.7. The van der Waals surface area contributed by atoms with Gasteiger partial charge in [0.15, 0.2) is 0 Å². The van der Waals surface area contributed by atoms with Gasteiger partial charge in [0.25, 0.3) is 0 Å². The van der Waals surface area contributed by atoms with E-state index in [2.05, 4.69) is 64.0 Å². The quantitative estimate of drug-likeness (QED) is 0.831. The molecule has 0 saturated heterocycles. The first-order valence-corrected chi connectivity index (χ1v) is 7.00. The van der Waals surface area contributed by atoms with Gasteiger partial charge in [-0.2, -0.15) is 0 Å². The first-order valence-electron chi connectivity index (χ1n) is 7.00. The molecule has 2 nitrogen and oxygen atoms in total. The maximum atomic E-state index is 3.48. The molecule has 0 saturated carbocycles. The molecule has 1 aromatic carbocycles. The molecule has 0 aliphatic carbocycles. The van der Waals surface area contributed by atoms with Gasteiger partial charge in [0.05, 0.1) is 0 Å². The number of aryl methyl sites for hydroxylation is 3. The number of hydrogen-bond donors (Lipinski definition) is 1. The summed E-state index contributed by atoms with van der Waals surface area (Å²) in [6.45, 7) is 14.4. The fraction of sp³-hybridized carbons (Fsp3) is 0.625. The monoisotopic (exact) mass is 248 g/mol. The van der Waals surface area contributed by atoms with Crippen molar-refractivity contribution in [3.05, 3.63) is 34.4 Å². The summed E-state index contributed by atoms with van der Waals surface area (Å²) in [7, 11) is 2.06. The van der Waals surface area contributed by atoms with E-state index in [0.29, 0.717) is 6.04 Å². The van der Waals surface area contributed by atoms with E-state index in [1.54, 1.807) is 0 Å². The Labute approximate surface area is 112 Å². The van der Waals surface area contributed by atoms with E-state index >= 15 is 0 Å². The summed E-state index contributed by atoms with van der Waals surface area (Å²) < 4.78 is 0. The molecule has 0 amide bonds. The third kappa shape index (κ3) is 3.56. The van der Waals surface area contributed by atoms with Crippen LogP contribution in [0.4, 0.5) is 0 Å². The SMILES string of the molecule is CCN(CC)CC(NC)c1c(C)cc(C)cc1C. The van der Waals surface area contributed by atoms with Gasteiger partial charge in [-0.3, -0.25) is 0 Å². The molecular formula is C16H28N2. The zero-order valence-corrected chi connectivity index (χ0v) is 12.8. The van der Waals surface area contributed by atoms with Crippen molar-refractivity contribution in [2.24, 2.45) is 0 Å². The van der Waals surface area contributed by atoms with Gasteiger partial charge in [-0.1, -0.05) is 31.5 Å². The Morgan fingerprint density at radius 1 is 1.06 bits per heavy atom. The fourth-order valence-electron chi connectivity index (χ4n) is 2.81. The van der Waals surface area contributed by atoms with Gasteiger partial charge in [-0.15, -0.1) is 0 Å². The topological polar surface area (TPSA) is 15.3 Å². The lowest BCUT2D eigenvalue weighted by atomic mass is 9.93. The minimum atomic E-state index is 0.422. The Kier molecular flexibility index (Phi) is 5.83. The van der Waals surface area contributed by atoms with E-state index in [4.69, 9.17) is 0 Å². The van der Waals surface area contributed by atoms with Crippen molar-refractivity contribution in [1.82, 2.24) is 10.2 Å². The summed E-state index contributed by atoms with van der Waals surface area (Å²) in [5.41, 5.74) is 5.62. The molecule has 1 N–H and O–H groups in total. The molecule has 102 valence electrons. The highest BCUT2D eigenvalue weighted by Crippen LogP contribution is 2.24. The van der Waals surface area contributed by atoms with Crippen LogP contribution >= 0.6 is 0 Å². The van der Waals surface area contributed by atoms with E-state index in [9.17, 15) is 0 Å². The molecule has 0 aliphatic heterocycles.